The summed E-state index contributed by atoms with van der Waals surface area (Å²) in [5, 5.41) is 0. The van der Waals surface area contributed by atoms with Crippen molar-refractivity contribution in [3.8, 4) is 45.0 Å². The molecule has 0 bridgehead atoms. The van der Waals surface area contributed by atoms with Crippen molar-refractivity contribution in [3.63, 3.8) is 0 Å². The van der Waals surface area contributed by atoms with E-state index in [-0.39, 0.29) is 0 Å². The minimum atomic E-state index is -0.498. The first-order chi connectivity index (χ1) is 22.3. The number of aromatic nitrogens is 3. The van der Waals surface area contributed by atoms with Gasteiger partial charge in [0.15, 0.2) is 5.82 Å². The molecule has 210 valence electrons. The average Bonchev–Trinajstić information content (AvgIpc) is 3.32. The van der Waals surface area contributed by atoms with Crippen molar-refractivity contribution in [1.82, 2.24) is 15.0 Å². The van der Waals surface area contributed by atoms with Gasteiger partial charge in [0.25, 0.3) is 0 Å². The van der Waals surface area contributed by atoms with Crippen molar-refractivity contribution in [1.29, 1.82) is 0 Å². The molecule has 2 aliphatic carbocycles. The second kappa shape index (κ2) is 10.1. The lowest BCUT2D eigenvalue weighted by molar-refractivity contribution is 0.766. The van der Waals surface area contributed by atoms with Gasteiger partial charge in [-0.25, -0.2) is 9.97 Å². The van der Waals surface area contributed by atoms with Crippen LogP contribution in [-0.4, -0.2) is 15.0 Å². The zero-order valence-electron chi connectivity index (χ0n) is 24.4. The Morgan fingerprint density at radius 2 is 1.02 bits per heavy atom. The van der Waals surface area contributed by atoms with Crippen LogP contribution in [0.3, 0.4) is 0 Å². The van der Waals surface area contributed by atoms with E-state index in [0.717, 1.165) is 28.1 Å². The van der Waals surface area contributed by atoms with Gasteiger partial charge in [-0.1, -0.05) is 127 Å². The van der Waals surface area contributed by atoms with Crippen molar-refractivity contribution < 1.29 is 0 Å². The van der Waals surface area contributed by atoms with Crippen LogP contribution in [0.5, 0.6) is 0 Å². The molecule has 3 nitrogen and oxygen atoms in total. The Kier molecular flexibility index (Phi) is 5.72. The van der Waals surface area contributed by atoms with E-state index in [1.54, 1.807) is 6.20 Å². The monoisotopic (exact) mass is 573 g/mol. The fourth-order valence-corrected chi connectivity index (χ4v) is 7.29. The second-order valence-electron chi connectivity index (χ2n) is 11.6. The summed E-state index contributed by atoms with van der Waals surface area (Å²) in [6, 6.07) is 49.7. The van der Waals surface area contributed by atoms with Gasteiger partial charge in [-0.3, -0.25) is 4.98 Å². The molecule has 45 heavy (non-hydrogen) atoms. The van der Waals surface area contributed by atoms with Gasteiger partial charge in [0.1, 0.15) is 0 Å². The smallest absolute Gasteiger partial charge is 0.160 e. The van der Waals surface area contributed by atoms with Crippen LogP contribution in [0.4, 0.5) is 0 Å². The Morgan fingerprint density at radius 3 is 1.73 bits per heavy atom. The highest BCUT2D eigenvalue weighted by atomic mass is 14.9. The molecule has 2 heterocycles. The number of hydrogen-bond donors (Lipinski definition) is 0. The van der Waals surface area contributed by atoms with E-state index in [9.17, 15) is 0 Å². The molecule has 0 N–H and O–H groups in total. The Labute approximate surface area is 262 Å². The molecule has 7 aromatic rings. The zero-order valence-corrected chi connectivity index (χ0v) is 24.4. The average molecular weight is 574 g/mol. The van der Waals surface area contributed by atoms with E-state index in [1.165, 1.54) is 44.5 Å². The Morgan fingerprint density at radius 1 is 0.422 bits per heavy atom. The van der Waals surface area contributed by atoms with E-state index in [2.05, 4.69) is 132 Å². The Balaban J connectivity index is 1.34. The van der Waals surface area contributed by atoms with Gasteiger partial charge in [-0.2, -0.15) is 0 Å². The van der Waals surface area contributed by atoms with Crippen LogP contribution in [-0.2, 0) is 5.41 Å². The number of fused-ring (bicyclic) bond motifs is 9. The number of hydrogen-bond acceptors (Lipinski definition) is 3. The number of nitrogens with zero attached hydrogens (tertiary/aromatic N) is 3. The minimum Gasteiger partial charge on any atom is -0.264 e. The summed E-state index contributed by atoms with van der Waals surface area (Å²) in [7, 11) is 0. The second-order valence-corrected chi connectivity index (χ2v) is 11.6. The van der Waals surface area contributed by atoms with Gasteiger partial charge >= 0.3 is 0 Å². The molecule has 0 aliphatic heterocycles. The van der Waals surface area contributed by atoms with Crippen molar-refractivity contribution in [2.75, 3.05) is 0 Å². The third-order valence-electron chi connectivity index (χ3n) is 9.23. The van der Waals surface area contributed by atoms with Crippen LogP contribution >= 0.6 is 0 Å². The molecule has 0 unspecified atom stereocenters. The number of benzene rings is 5. The fourth-order valence-electron chi connectivity index (χ4n) is 7.29. The van der Waals surface area contributed by atoms with Crippen LogP contribution in [0.1, 0.15) is 33.4 Å². The summed E-state index contributed by atoms with van der Waals surface area (Å²) in [4.78, 5) is 14.7. The standard InChI is InChI=1S/C42H27N3/c1-2-13-30(14-3-1)39-26-40(32-15-10-24-43-27-32)45-41(44-39)31-22-23-34-33-16-6-9-19-37(33)42(38(34)25-31)35-17-7-4-11-28(35)20-21-29-12-5-8-18-36(29)42/h1-27H. The first-order valence-corrected chi connectivity index (χ1v) is 15.3. The summed E-state index contributed by atoms with van der Waals surface area (Å²) in [6.07, 6.45) is 8.18. The molecule has 9 rings (SSSR count). The first-order valence-electron chi connectivity index (χ1n) is 15.3. The zero-order chi connectivity index (χ0) is 29.8. The maximum atomic E-state index is 5.17. The Hall–Kier alpha value is -5.93. The SMILES string of the molecule is C1=Cc2ccccc2C2(c3ccccc31)c1ccccc1-c1ccc(-c3nc(-c4ccccc4)cc(-c4cccnc4)n3)cc12. The van der Waals surface area contributed by atoms with Gasteiger partial charge < -0.3 is 0 Å². The normalized spacial score (nSPS) is 13.4. The van der Waals surface area contributed by atoms with Gasteiger partial charge in [0.05, 0.1) is 16.8 Å². The molecule has 0 saturated carbocycles. The van der Waals surface area contributed by atoms with E-state index in [4.69, 9.17) is 9.97 Å². The molecule has 0 radical (unpaired) electrons. The maximum absolute atomic E-state index is 5.17. The van der Waals surface area contributed by atoms with E-state index in [1.807, 2.05) is 30.5 Å². The lowest BCUT2D eigenvalue weighted by Crippen LogP contribution is -2.30. The summed E-state index contributed by atoms with van der Waals surface area (Å²) in [6.45, 7) is 0. The Bertz CT molecular complexity index is 2160. The van der Waals surface area contributed by atoms with Crippen LogP contribution in [0, 0.1) is 0 Å². The quantitative estimate of drug-likeness (QED) is 0.211. The topological polar surface area (TPSA) is 38.7 Å². The third kappa shape index (κ3) is 3.87. The summed E-state index contributed by atoms with van der Waals surface area (Å²) in [5.74, 6) is 0.692. The summed E-state index contributed by atoms with van der Waals surface area (Å²) >= 11 is 0. The first kappa shape index (κ1) is 25.6. The summed E-state index contributed by atoms with van der Waals surface area (Å²) < 4.78 is 0. The van der Waals surface area contributed by atoms with Crippen LogP contribution in [0.15, 0.2) is 152 Å². The highest BCUT2D eigenvalue weighted by Gasteiger charge is 2.48. The molecule has 0 fully saturated rings. The molecule has 0 amide bonds. The predicted octanol–water partition coefficient (Wildman–Crippen LogP) is 9.72. The van der Waals surface area contributed by atoms with Crippen LogP contribution in [0.25, 0.3) is 57.2 Å². The van der Waals surface area contributed by atoms with E-state index < -0.39 is 5.41 Å². The van der Waals surface area contributed by atoms with Crippen LogP contribution in [0.2, 0.25) is 0 Å². The van der Waals surface area contributed by atoms with Gasteiger partial charge in [-0.15, -0.1) is 0 Å². The van der Waals surface area contributed by atoms with Crippen molar-refractivity contribution in [3.05, 3.63) is 185 Å². The van der Waals surface area contributed by atoms with Gasteiger partial charge in [0.2, 0.25) is 0 Å². The van der Waals surface area contributed by atoms with Crippen molar-refractivity contribution in [2.24, 2.45) is 0 Å². The van der Waals surface area contributed by atoms with E-state index in [0.29, 0.717) is 5.82 Å². The molecule has 3 heteroatoms. The van der Waals surface area contributed by atoms with Gasteiger partial charge in [0, 0.05) is 29.1 Å². The lowest BCUT2D eigenvalue weighted by atomic mass is 9.66. The van der Waals surface area contributed by atoms with Gasteiger partial charge in [-0.05, 0) is 68.8 Å². The largest absolute Gasteiger partial charge is 0.264 e. The maximum Gasteiger partial charge on any atom is 0.160 e. The number of pyridine rings is 1. The molecule has 5 aromatic carbocycles. The molecule has 2 aromatic heterocycles. The molecule has 0 atom stereocenters. The lowest BCUT2D eigenvalue weighted by Gasteiger charge is -2.35. The molecular weight excluding hydrogens is 546 g/mol. The molecule has 1 spiro atoms. The summed E-state index contributed by atoms with van der Waals surface area (Å²) in [5.41, 5.74) is 14.3. The molecule has 0 saturated heterocycles. The molecular formula is C42H27N3. The van der Waals surface area contributed by atoms with Crippen LogP contribution < -0.4 is 0 Å². The minimum absolute atomic E-state index is 0.498. The predicted molar refractivity (Wildman–Crippen MR) is 182 cm³/mol. The molecule has 2 aliphatic rings. The highest BCUT2D eigenvalue weighted by Crippen LogP contribution is 2.58. The highest BCUT2D eigenvalue weighted by molar-refractivity contribution is 5.92. The number of rotatable bonds is 3. The van der Waals surface area contributed by atoms with Crippen molar-refractivity contribution >= 4 is 12.2 Å². The fraction of sp³-hybridized carbons (Fsp3) is 0.0238. The van der Waals surface area contributed by atoms with E-state index >= 15 is 0 Å². The van der Waals surface area contributed by atoms with Crippen molar-refractivity contribution in [2.45, 2.75) is 5.41 Å². The third-order valence-corrected chi connectivity index (χ3v) is 9.23.